The van der Waals surface area contributed by atoms with Gasteiger partial charge in [-0.3, -0.25) is 4.79 Å². The number of nitrogens with one attached hydrogen (secondary N) is 1. The lowest BCUT2D eigenvalue weighted by Gasteiger charge is -2.16. The number of hydrogen-bond donors (Lipinski definition) is 1. The van der Waals surface area contributed by atoms with Gasteiger partial charge in [0, 0.05) is 17.0 Å². The van der Waals surface area contributed by atoms with E-state index >= 15 is 0 Å². The maximum atomic E-state index is 12.0. The Balaban J connectivity index is 2.40. The summed E-state index contributed by atoms with van der Waals surface area (Å²) in [6.45, 7) is 6.01. The predicted octanol–water partition coefficient (Wildman–Crippen LogP) is 2.62. The summed E-state index contributed by atoms with van der Waals surface area (Å²) in [6.07, 6.45) is 1.71. The van der Waals surface area contributed by atoms with Crippen LogP contribution in [-0.2, 0) is 4.79 Å². The van der Waals surface area contributed by atoms with E-state index in [1.165, 1.54) is 0 Å². The number of methoxy groups -OCH3 is 2. The molecular formula is C16H20N2O3. The molecule has 5 nitrogen and oxygen atoms in total. The normalized spacial score (nSPS) is 16.7. The van der Waals surface area contributed by atoms with E-state index < -0.39 is 0 Å². The summed E-state index contributed by atoms with van der Waals surface area (Å²) in [6, 6.07) is 5.42. The lowest BCUT2D eigenvalue weighted by atomic mass is 9.95. The molecule has 0 radical (unpaired) electrons. The Morgan fingerprint density at radius 3 is 2.43 bits per heavy atom. The number of ether oxygens (including phenoxy) is 2. The van der Waals surface area contributed by atoms with Crippen molar-refractivity contribution in [3.05, 3.63) is 29.5 Å². The first-order chi connectivity index (χ1) is 9.85. The zero-order valence-corrected chi connectivity index (χ0v) is 13.0. The molecule has 0 atom stereocenters. The molecule has 1 amide bonds. The number of benzene rings is 1. The van der Waals surface area contributed by atoms with Gasteiger partial charge in [-0.1, -0.05) is 20.8 Å². The van der Waals surface area contributed by atoms with Crippen LogP contribution >= 0.6 is 0 Å². The Morgan fingerprint density at radius 2 is 1.90 bits per heavy atom. The highest BCUT2D eigenvalue weighted by atomic mass is 16.5. The molecule has 0 aromatic heterocycles. The minimum absolute atomic E-state index is 0.196. The zero-order chi connectivity index (χ0) is 15.6. The van der Waals surface area contributed by atoms with Crippen LogP contribution in [0.2, 0.25) is 0 Å². The summed E-state index contributed by atoms with van der Waals surface area (Å²) in [5.41, 5.74) is 0.959. The van der Waals surface area contributed by atoms with Crippen molar-refractivity contribution in [1.82, 2.24) is 5.32 Å². The van der Waals surface area contributed by atoms with E-state index in [-0.39, 0.29) is 11.3 Å². The lowest BCUT2D eigenvalue weighted by Crippen LogP contribution is -2.34. The summed E-state index contributed by atoms with van der Waals surface area (Å²) in [7, 11) is 3.17. The van der Waals surface area contributed by atoms with Crippen molar-refractivity contribution in [3.63, 3.8) is 0 Å². The summed E-state index contributed by atoms with van der Waals surface area (Å²) in [5, 5.41) is 2.80. The van der Waals surface area contributed by atoms with Crippen LogP contribution in [0.1, 0.15) is 26.3 Å². The number of rotatable bonds is 3. The van der Waals surface area contributed by atoms with Crippen LogP contribution in [0.25, 0.3) is 6.08 Å². The highest BCUT2D eigenvalue weighted by molar-refractivity contribution is 6.15. The van der Waals surface area contributed by atoms with Crippen molar-refractivity contribution >= 4 is 17.8 Å². The number of hydrogen-bond acceptors (Lipinski definition) is 4. The Kier molecular flexibility index (Phi) is 4.02. The molecule has 1 aromatic carbocycles. The van der Waals surface area contributed by atoms with Crippen LogP contribution in [0.3, 0.4) is 0 Å². The van der Waals surface area contributed by atoms with Gasteiger partial charge in [-0.15, -0.1) is 0 Å². The second-order valence-corrected chi connectivity index (χ2v) is 5.80. The summed E-state index contributed by atoms with van der Waals surface area (Å²) < 4.78 is 10.5. The standard InChI is InChI=1S/C16H20N2O3/c1-16(2,3)15-17-12(14(19)18-15)8-10-6-7-11(20-4)9-13(10)21-5/h6-9H,1-5H3,(H,17,18,19)/b12-8+. The molecule has 0 spiro atoms. The van der Waals surface area contributed by atoms with Crippen molar-refractivity contribution in [2.24, 2.45) is 10.4 Å². The van der Waals surface area contributed by atoms with Crippen LogP contribution in [0, 0.1) is 5.41 Å². The van der Waals surface area contributed by atoms with Gasteiger partial charge in [0.15, 0.2) is 0 Å². The van der Waals surface area contributed by atoms with E-state index in [1.54, 1.807) is 26.4 Å². The molecule has 1 aliphatic rings. The highest BCUT2D eigenvalue weighted by Gasteiger charge is 2.28. The first-order valence-electron chi connectivity index (χ1n) is 6.69. The average Bonchev–Trinajstić information content (AvgIpc) is 2.80. The summed E-state index contributed by atoms with van der Waals surface area (Å²) in [4.78, 5) is 16.4. The number of amidine groups is 1. The maximum absolute atomic E-state index is 12.0. The second-order valence-electron chi connectivity index (χ2n) is 5.80. The topological polar surface area (TPSA) is 59.9 Å². The van der Waals surface area contributed by atoms with E-state index in [1.807, 2.05) is 32.9 Å². The summed E-state index contributed by atoms with van der Waals surface area (Å²) >= 11 is 0. The SMILES string of the molecule is COc1ccc(/C=C2/N=C(C(C)(C)C)NC2=O)c(OC)c1. The number of carbonyl (C=O) groups is 1. The van der Waals surface area contributed by atoms with E-state index in [4.69, 9.17) is 9.47 Å². The van der Waals surface area contributed by atoms with Crippen LogP contribution in [0.5, 0.6) is 11.5 Å². The molecule has 1 aromatic rings. The monoisotopic (exact) mass is 288 g/mol. The third kappa shape index (κ3) is 3.24. The molecule has 2 rings (SSSR count). The maximum Gasteiger partial charge on any atom is 0.275 e. The fourth-order valence-corrected chi connectivity index (χ4v) is 1.91. The van der Waals surface area contributed by atoms with Crippen LogP contribution in [-0.4, -0.2) is 26.0 Å². The zero-order valence-electron chi connectivity index (χ0n) is 13.0. The summed E-state index contributed by atoms with van der Waals surface area (Å²) in [5.74, 6) is 1.81. The van der Waals surface area contributed by atoms with E-state index in [9.17, 15) is 4.79 Å². The molecule has 0 saturated heterocycles. The van der Waals surface area contributed by atoms with Crippen molar-refractivity contribution in [2.45, 2.75) is 20.8 Å². The molecule has 1 heterocycles. The van der Waals surface area contributed by atoms with Gasteiger partial charge in [0.05, 0.1) is 14.2 Å². The number of nitrogens with zero attached hydrogens (tertiary/aromatic N) is 1. The predicted molar refractivity (Wildman–Crippen MR) is 82.6 cm³/mol. The van der Waals surface area contributed by atoms with Crippen molar-refractivity contribution in [2.75, 3.05) is 14.2 Å². The first kappa shape index (κ1) is 15.1. The highest BCUT2D eigenvalue weighted by Crippen LogP contribution is 2.28. The molecule has 5 heteroatoms. The quantitative estimate of drug-likeness (QED) is 0.870. The van der Waals surface area contributed by atoms with Gasteiger partial charge in [0.2, 0.25) is 0 Å². The molecule has 112 valence electrons. The molecule has 1 aliphatic heterocycles. The Hall–Kier alpha value is -2.30. The van der Waals surface area contributed by atoms with Crippen LogP contribution in [0.4, 0.5) is 0 Å². The molecule has 0 saturated carbocycles. The van der Waals surface area contributed by atoms with Gasteiger partial charge >= 0.3 is 0 Å². The minimum atomic E-state index is -0.199. The average molecular weight is 288 g/mol. The molecule has 0 fully saturated rings. The number of amides is 1. The number of aliphatic imine (C=N–C) groups is 1. The van der Waals surface area contributed by atoms with Crippen molar-refractivity contribution < 1.29 is 14.3 Å². The molecule has 0 bridgehead atoms. The largest absolute Gasteiger partial charge is 0.497 e. The van der Waals surface area contributed by atoms with Crippen LogP contribution in [0.15, 0.2) is 28.9 Å². The van der Waals surface area contributed by atoms with Gasteiger partial charge in [-0.2, -0.15) is 0 Å². The third-order valence-corrected chi connectivity index (χ3v) is 3.14. The van der Waals surface area contributed by atoms with E-state index in [0.717, 1.165) is 5.56 Å². The fourth-order valence-electron chi connectivity index (χ4n) is 1.91. The second kappa shape index (κ2) is 5.60. The van der Waals surface area contributed by atoms with Gasteiger partial charge in [0.25, 0.3) is 5.91 Å². The third-order valence-electron chi connectivity index (χ3n) is 3.14. The molecule has 21 heavy (non-hydrogen) atoms. The van der Waals surface area contributed by atoms with Gasteiger partial charge in [-0.25, -0.2) is 4.99 Å². The van der Waals surface area contributed by atoms with Crippen LogP contribution < -0.4 is 14.8 Å². The van der Waals surface area contributed by atoms with Crippen molar-refractivity contribution in [3.8, 4) is 11.5 Å². The fraction of sp³-hybridized carbons (Fsp3) is 0.375. The van der Waals surface area contributed by atoms with Gasteiger partial charge in [0.1, 0.15) is 23.0 Å². The molecular weight excluding hydrogens is 268 g/mol. The van der Waals surface area contributed by atoms with Crippen molar-refractivity contribution in [1.29, 1.82) is 0 Å². The Morgan fingerprint density at radius 1 is 1.19 bits per heavy atom. The Labute approximate surface area is 124 Å². The first-order valence-corrected chi connectivity index (χ1v) is 6.69. The van der Waals surface area contributed by atoms with Gasteiger partial charge in [-0.05, 0) is 18.2 Å². The van der Waals surface area contributed by atoms with Gasteiger partial charge < -0.3 is 14.8 Å². The molecule has 0 aliphatic carbocycles. The molecule has 1 N–H and O–H groups in total. The molecule has 0 unspecified atom stereocenters. The number of carbonyl (C=O) groups excluding carboxylic acids is 1. The van der Waals surface area contributed by atoms with E-state index in [0.29, 0.717) is 23.0 Å². The van der Waals surface area contributed by atoms with E-state index in [2.05, 4.69) is 10.3 Å². The Bertz CT molecular complexity index is 625. The smallest absolute Gasteiger partial charge is 0.275 e. The minimum Gasteiger partial charge on any atom is -0.497 e. The lowest BCUT2D eigenvalue weighted by molar-refractivity contribution is -0.115.